The van der Waals surface area contributed by atoms with Crippen molar-refractivity contribution in [3.8, 4) is 0 Å². The number of hydrogen-bond acceptors (Lipinski definition) is 2. The molecule has 1 aromatic heterocycles. The van der Waals surface area contributed by atoms with Crippen LogP contribution in [-0.4, -0.2) is 11.5 Å². The van der Waals surface area contributed by atoms with E-state index in [-0.39, 0.29) is 6.04 Å². The Hall–Kier alpha value is -1.67. The molecule has 0 saturated heterocycles. The van der Waals surface area contributed by atoms with Crippen LogP contribution in [0.1, 0.15) is 46.5 Å². The van der Waals surface area contributed by atoms with Gasteiger partial charge in [-0.25, -0.2) is 0 Å². The number of pyridine rings is 1. The summed E-state index contributed by atoms with van der Waals surface area (Å²) in [6.07, 6.45) is 1.95. The summed E-state index contributed by atoms with van der Waals surface area (Å²) in [5.74, 6) is 0. The molecule has 0 amide bonds. The maximum absolute atomic E-state index is 4.66. The smallest absolute Gasteiger partial charge is 0.0754 e. The van der Waals surface area contributed by atoms with Gasteiger partial charge in [-0.15, -0.1) is 0 Å². The van der Waals surface area contributed by atoms with Crippen LogP contribution in [0.15, 0.2) is 30.5 Å². The molecule has 0 aliphatic rings. The average Bonchev–Trinajstić information content (AvgIpc) is 2.40. The quantitative estimate of drug-likeness (QED) is 0.906. The molecule has 2 rings (SSSR count). The Morgan fingerprint density at radius 1 is 1.00 bits per heavy atom. The van der Waals surface area contributed by atoms with Crippen LogP contribution in [0.3, 0.4) is 0 Å². The van der Waals surface area contributed by atoms with E-state index in [0.29, 0.717) is 0 Å². The van der Waals surface area contributed by atoms with Crippen molar-refractivity contribution in [2.24, 2.45) is 0 Å². The predicted molar refractivity (Wildman–Crippen MR) is 85.1 cm³/mol. The monoisotopic (exact) mass is 268 g/mol. The van der Waals surface area contributed by atoms with Gasteiger partial charge in [0.15, 0.2) is 0 Å². The van der Waals surface area contributed by atoms with Gasteiger partial charge in [-0.05, 0) is 62.1 Å². The number of hydrogen-bond donors (Lipinski definition) is 1. The van der Waals surface area contributed by atoms with Crippen molar-refractivity contribution in [2.75, 3.05) is 6.54 Å². The van der Waals surface area contributed by atoms with Gasteiger partial charge in [0.05, 0.1) is 11.7 Å². The molecule has 0 fully saturated rings. The molecule has 106 valence electrons. The third kappa shape index (κ3) is 3.07. The standard InChI is InChI=1S/C18H24N2/c1-6-19-18(16-8-7-13(3)14(4)10-16)17-15(5)9-12(2)11-20-17/h7-11,18-19H,6H2,1-5H3. The molecule has 2 nitrogen and oxygen atoms in total. The van der Waals surface area contributed by atoms with Gasteiger partial charge in [0.1, 0.15) is 0 Å². The fraction of sp³-hybridized carbons (Fsp3) is 0.389. The van der Waals surface area contributed by atoms with Crippen LogP contribution >= 0.6 is 0 Å². The van der Waals surface area contributed by atoms with E-state index in [1.54, 1.807) is 0 Å². The van der Waals surface area contributed by atoms with Crippen molar-refractivity contribution < 1.29 is 0 Å². The van der Waals surface area contributed by atoms with E-state index < -0.39 is 0 Å². The second kappa shape index (κ2) is 6.19. The highest BCUT2D eigenvalue weighted by Crippen LogP contribution is 2.25. The lowest BCUT2D eigenvalue weighted by molar-refractivity contribution is 0.611. The van der Waals surface area contributed by atoms with E-state index in [1.165, 1.54) is 27.8 Å². The number of nitrogens with zero attached hydrogens (tertiary/aromatic N) is 1. The highest BCUT2D eigenvalue weighted by molar-refractivity contribution is 5.38. The first-order chi connectivity index (χ1) is 9.52. The normalized spacial score (nSPS) is 12.4. The SMILES string of the molecule is CCNC(c1ccc(C)c(C)c1)c1ncc(C)cc1C. The molecule has 0 aliphatic heterocycles. The molecule has 1 unspecified atom stereocenters. The van der Waals surface area contributed by atoms with Crippen LogP contribution in [0.2, 0.25) is 0 Å². The van der Waals surface area contributed by atoms with Crippen molar-refractivity contribution in [1.82, 2.24) is 10.3 Å². The molecule has 1 aromatic carbocycles. The van der Waals surface area contributed by atoms with Gasteiger partial charge in [-0.1, -0.05) is 31.2 Å². The zero-order valence-corrected chi connectivity index (χ0v) is 13.1. The zero-order chi connectivity index (χ0) is 14.7. The minimum absolute atomic E-state index is 0.167. The lowest BCUT2D eigenvalue weighted by Gasteiger charge is -2.21. The number of nitrogens with one attached hydrogen (secondary N) is 1. The minimum Gasteiger partial charge on any atom is -0.305 e. The Kier molecular flexibility index (Phi) is 4.56. The van der Waals surface area contributed by atoms with Gasteiger partial charge in [0, 0.05) is 6.20 Å². The van der Waals surface area contributed by atoms with Gasteiger partial charge in [-0.3, -0.25) is 4.98 Å². The number of benzene rings is 1. The Labute approximate surface area is 122 Å². The summed E-state index contributed by atoms with van der Waals surface area (Å²) in [5, 5.41) is 3.56. The van der Waals surface area contributed by atoms with E-state index >= 15 is 0 Å². The maximum Gasteiger partial charge on any atom is 0.0754 e. The van der Waals surface area contributed by atoms with E-state index in [2.05, 4.69) is 69.2 Å². The first-order valence-corrected chi connectivity index (χ1v) is 7.26. The highest BCUT2D eigenvalue weighted by Gasteiger charge is 2.17. The first kappa shape index (κ1) is 14.7. The van der Waals surface area contributed by atoms with Gasteiger partial charge < -0.3 is 5.32 Å². The number of rotatable bonds is 4. The fourth-order valence-corrected chi connectivity index (χ4v) is 2.55. The molecule has 0 saturated carbocycles. The highest BCUT2D eigenvalue weighted by atomic mass is 14.9. The lowest BCUT2D eigenvalue weighted by atomic mass is 9.96. The molecule has 2 heteroatoms. The van der Waals surface area contributed by atoms with Crippen LogP contribution in [-0.2, 0) is 0 Å². The summed E-state index contributed by atoms with van der Waals surface area (Å²) >= 11 is 0. The maximum atomic E-state index is 4.66. The molecule has 1 N–H and O–H groups in total. The van der Waals surface area contributed by atoms with E-state index in [1.807, 2.05) is 6.20 Å². The van der Waals surface area contributed by atoms with Crippen molar-refractivity contribution in [3.63, 3.8) is 0 Å². The van der Waals surface area contributed by atoms with E-state index in [0.717, 1.165) is 12.2 Å². The molecule has 0 bridgehead atoms. The first-order valence-electron chi connectivity index (χ1n) is 7.26. The van der Waals surface area contributed by atoms with Gasteiger partial charge in [0.2, 0.25) is 0 Å². The number of aryl methyl sites for hydroxylation is 4. The van der Waals surface area contributed by atoms with Crippen molar-refractivity contribution in [2.45, 2.75) is 40.7 Å². The summed E-state index contributed by atoms with van der Waals surface area (Å²) < 4.78 is 0. The average molecular weight is 268 g/mol. The topological polar surface area (TPSA) is 24.9 Å². The van der Waals surface area contributed by atoms with Gasteiger partial charge in [-0.2, -0.15) is 0 Å². The van der Waals surface area contributed by atoms with Crippen LogP contribution in [0.5, 0.6) is 0 Å². The second-order valence-electron chi connectivity index (χ2n) is 5.55. The van der Waals surface area contributed by atoms with Crippen LogP contribution in [0.25, 0.3) is 0 Å². The molecule has 0 radical (unpaired) electrons. The Morgan fingerprint density at radius 2 is 1.75 bits per heavy atom. The van der Waals surface area contributed by atoms with E-state index in [4.69, 9.17) is 0 Å². The molecule has 0 spiro atoms. The summed E-state index contributed by atoms with van der Waals surface area (Å²) in [5.41, 5.74) is 7.53. The van der Waals surface area contributed by atoms with E-state index in [9.17, 15) is 0 Å². The molecule has 1 atom stereocenters. The molecular weight excluding hydrogens is 244 g/mol. The third-order valence-electron chi connectivity index (χ3n) is 3.80. The summed E-state index contributed by atoms with van der Waals surface area (Å²) in [6.45, 7) is 11.6. The summed E-state index contributed by atoms with van der Waals surface area (Å²) in [4.78, 5) is 4.66. The van der Waals surface area contributed by atoms with Crippen LogP contribution in [0.4, 0.5) is 0 Å². The molecule has 2 aromatic rings. The minimum atomic E-state index is 0.167. The lowest BCUT2D eigenvalue weighted by Crippen LogP contribution is -2.24. The Balaban J connectivity index is 2.47. The van der Waals surface area contributed by atoms with Crippen molar-refractivity contribution >= 4 is 0 Å². The molecular formula is C18H24N2. The molecule has 1 heterocycles. The third-order valence-corrected chi connectivity index (χ3v) is 3.80. The van der Waals surface area contributed by atoms with Crippen LogP contribution < -0.4 is 5.32 Å². The second-order valence-corrected chi connectivity index (χ2v) is 5.55. The zero-order valence-electron chi connectivity index (χ0n) is 13.1. The molecule has 20 heavy (non-hydrogen) atoms. The van der Waals surface area contributed by atoms with Gasteiger partial charge in [0.25, 0.3) is 0 Å². The predicted octanol–water partition coefficient (Wildman–Crippen LogP) is 4.01. The summed E-state index contributed by atoms with van der Waals surface area (Å²) in [7, 11) is 0. The number of aromatic nitrogens is 1. The Morgan fingerprint density at radius 3 is 2.35 bits per heavy atom. The Bertz CT molecular complexity index is 602. The largest absolute Gasteiger partial charge is 0.305 e. The fourth-order valence-electron chi connectivity index (χ4n) is 2.55. The molecule has 0 aliphatic carbocycles. The van der Waals surface area contributed by atoms with Crippen molar-refractivity contribution in [3.05, 3.63) is 64.0 Å². The van der Waals surface area contributed by atoms with Crippen LogP contribution in [0, 0.1) is 27.7 Å². The summed E-state index contributed by atoms with van der Waals surface area (Å²) in [6, 6.07) is 9.03. The van der Waals surface area contributed by atoms with Gasteiger partial charge >= 0.3 is 0 Å². The van der Waals surface area contributed by atoms with Crippen molar-refractivity contribution in [1.29, 1.82) is 0 Å².